The van der Waals surface area contributed by atoms with Crippen molar-refractivity contribution in [2.45, 2.75) is 70.5 Å². The Hall–Kier alpha value is -0.940. The Morgan fingerprint density at radius 1 is 1.14 bits per heavy atom. The first-order chi connectivity index (χ1) is 10.3. The van der Waals surface area contributed by atoms with Crippen molar-refractivity contribution >= 4 is 5.96 Å². The van der Waals surface area contributed by atoms with Crippen LogP contribution in [0.2, 0.25) is 0 Å². The summed E-state index contributed by atoms with van der Waals surface area (Å²) < 4.78 is 38.0. The number of aliphatic imine (C=N–C) groups is 1. The average molecular weight is 319 g/mol. The molecule has 0 bridgehead atoms. The van der Waals surface area contributed by atoms with Crippen LogP contribution in [0.3, 0.4) is 0 Å². The standard InChI is InChI=1S/C16H28F3N3/c1-15(9-3-4-10-15)11-21-14(20-2)22-13-7-5-12(6-8-13)16(17,18)19/h12-13H,3-11H2,1-2H3,(H2,20,21,22). The summed E-state index contributed by atoms with van der Waals surface area (Å²) in [4.78, 5) is 4.21. The molecule has 0 radical (unpaired) electrons. The fraction of sp³-hybridized carbons (Fsp3) is 0.938. The van der Waals surface area contributed by atoms with Gasteiger partial charge in [-0.3, -0.25) is 4.99 Å². The van der Waals surface area contributed by atoms with E-state index in [1.807, 2.05) is 0 Å². The fourth-order valence-corrected chi connectivity index (χ4v) is 3.66. The van der Waals surface area contributed by atoms with E-state index in [2.05, 4.69) is 22.5 Å². The molecule has 22 heavy (non-hydrogen) atoms. The summed E-state index contributed by atoms with van der Waals surface area (Å²) in [5, 5.41) is 6.65. The van der Waals surface area contributed by atoms with Gasteiger partial charge in [-0.05, 0) is 43.9 Å². The third kappa shape index (κ3) is 4.78. The minimum atomic E-state index is -4.04. The van der Waals surface area contributed by atoms with E-state index in [-0.39, 0.29) is 18.9 Å². The van der Waals surface area contributed by atoms with Gasteiger partial charge in [-0.1, -0.05) is 19.8 Å². The van der Waals surface area contributed by atoms with Gasteiger partial charge in [-0.25, -0.2) is 0 Å². The van der Waals surface area contributed by atoms with Crippen LogP contribution >= 0.6 is 0 Å². The van der Waals surface area contributed by atoms with Gasteiger partial charge in [-0.15, -0.1) is 0 Å². The van der Waals surface area contributed by atoms with Crippen molar-refractivity contribution in [3.8, 4) is 0 Å². The molecule has 0 amide bonds. The molecule has 0 saturated heterocycles. The number of rotatable bonds is 3. The van der Waals surface area contributed by atoms with E-state index in [0.29, 0.717) is 18.3 Å². The van der Waals surface area contributed by atoms with Gasteiger partial charge < -0.3 is 10.6 Å². The number of halogens is 3. The van der Waals surface area contributed by atoms with Crippen LogP contribution in [0.25, 0.3) is 0 Å². The quantitative estimate of drug-likeness (QED) is 0.612. The maximum Gasteiger partial charge on any atom is 0.391 e. The Bertz CT molecular complexity index is 379. The number of nitrogens with zero attached hydrogens (tertiary/aromatic N) is 1. The number of guanidine groups is 1. The second kappa shape index (κ2) is 7.09. The molecule has 0 unspecified atom stereocenters. The third-order valence-corrected chi connectivity index (χ3v) is 5.25. The molecule has 2 fully saturated rings. The van der Waals surface area contributed by atoms with E-state index in [0.717, 1.165) is 12.5 Å². The van der Waals surface area contributed by atoms with Gasteiger partial charge in [-0.2, -0.15) is 13.2 Å². The Morgan fingerprint density at radius 2 is 1.73 bits per heavy atom. The minimum Gasteiger partial charge on any atom is -0.356 e. The first-order valence-electron chi connectivity index (χ1n) is 8.36. The highest BCUT2D eigenvalue weighted by atomic mass is 19.4. The summed E-state index contributed by atoms with van der Waals surface area (Å²) in [6, 6.07) is 0.0983. The largest absolute Gasteiger partial charge is 0.391 e. The topological polar surface area (TPSA) is 36.4 Å². The molecular formula is C16H28F3N3. The van der Waals surface area contributed by atoms with Crippen molar-refractivity contribution in [1.82, 2.24) is 10.6 Å². The Balaban J connectivity index is 1.75. The zero-order valence-electron chi connectivity index (χ0n) is 13.6. The number of nitrogens with one attached hydrogen (secondary N) is 2. The lowest BCUT2D eigenvalue weighted by molar-refractivity contribution is -0.182. The first kappa shape index (κ1) is 17.4. The molecule has 0 aromatic heterocycles. The molecule has 2 rings (SSSR count). The monoisotopic (exact) mass is 319 g/mol. The maximum atomic E-state index is 12.7. The molecule has 0 heterocycles. The Kier molecular flexibility index (Phi) is 5.61. The predicted octanol–water partition coefficient (Wildman–Crippen LogP) is 3.85. The van der Waals surface area contributed by atoms with Gasteiger partial charge in [0.1, 0.15) is 0 Å². The molecule has 0 aromatic carbocycles. The van der Waals surface area contributed by atoms with Crippen LogP contribution in [0, 0.1) is 11.3 Å². The van der Waals surface area contributed by atoms with Crippen molar-refractivity contribution in [1.29, 1.82) is 0 Å². The van der Waals surface area contributed by atoms with Crippen molar-refractivity contribution in [2.75, 3.05) is 13.6 Å². The molecule has 2 aliphatic rings. The molecule has 0 aromatic rings. The zero-order valence-corrected chi connectivity index (χ0v) is 13.6. The van der Waals surface area contributed by atoms with Crippen molar-refractivity contribution in [3.05, 3.63) is 0 Å². The Labute approximate surface area is 131 Å². The molecule has 0 aliphatic heterocycles. The molecule has 2 saturated carbocycles. The van der Waals surface area contributed by atoms with Crippen molar-refractivity contribution in [2.24, 2.45) is 16.3 Å². The zero-order chi connectivity index (χ0) is 16.2. The molecule has 128 valence electrons. The fourth-order valence-electron chi connectivity index (χ4n) is 3.66. The summed E-state index contributed by atoms with van der Waals surface area (Å²) in [6.07, 6.45) is 2.54. The lowest BCUT2D eigenvalue weighted by atomic mass is 9.85. The summed E-state index contributed by atoms with van der Waals surface area (Å²) in [7, 11) is 1.72. The highest BCUT2D eigenvalue weighted by Gasteiger charge is 2.41. The van der Waals surface area contributed by atoms with Crippen LogP contribution in [0.1, 0.15) is 58.3 Å². The lowest BCUT2D eigenvalue weighted by Gasteiger charge is -2.32. The molecule has 2 aliphatic carbocycles. The minimum absolute atomic E-state index is 0.0983. The van der Waals surface area contributed by atoms with E-state index in [1.165, 1.54) is 25.7 Å². The highest BCUT2D eigenvalue weighted by Crippen LogP contribution is 2.38. The molecule has 3 nitrogen and oxygen atoms in total. The predicted molar refractivity (Wildman–Crippen MR) is 82.9 cm³/mol. The second-order valence-corrected chi connectivity index (χ2v) is 7.18. The average Bonchev–Trinajstić information content (AvgIpc) is 2.90. The summed E-state index contributed by atoms with van der Waals surface area (Å²) in [5.41, 5.74) is 0.325. The summed E-state index contributed by atoms with van der Waals surface area (Å²) >= 11 is 0. The SMILES string of the molecule is CN=C(NCC1(C)CCCC1)NC1CCC(C(F)(F)F)CC1. The van der Waals surface area contributed by atoms with Gasteiger partial charge in [0, 0.05) is 19.6 Å². The number of alkyl halides is 3. The Morgan fingerprint density at radius 3 is 2.23 bits per heavy atom. The molecule has 0 atom stereocenters. The van der Waals surface area contributed by atoms with E-state index in [4.69, 9.17) is 0 Å². The van der Waals surface area contributed by atoms with Gasteiger partial charge in [0.15, 0.2) is 5.96 Å². The van der Waals surface area contributed by atoms with Gasteiger partial charge in [0.05, 0.1) is 5.92 Å². The van der Waals surface area contributed by atoms with E-state index >= 15 is 0 Å². The first-order valence-corrected chi connectivity index (χ1v) is 8.36. The molecule has 0 spiro atoms. The van der Waals surface area contributed by atoms with Crippen molar-refractivity contribution < 1.29 is 13.2 Å². The van der Waals surface area contributed by atoms with E-state index in [1.54, 1.807) is 7.05 Å². The summed E-state index contributed by atoms with van der Waals surface area (Å²) in [5.74, 6) is -0.401. The van der Waals surface area contributed by atoms with Crippen LogP contribution in [-0.4, -0.2) is 31.8 Å². The van der Waals surface area contributed by atoms with Crippen LogP contribution in [0.4, 0.5) is 13.2 Å². The van der Waals surface area contributed by atoms with Crippen LogP contribution in [0.15, 0.2) is 4.99 Å². The van der Waals surface area contributed by atoms with Gasteiger partial charge in [0.25, 0.3) is 0 Å². The molecule has 6 heteroatoms. The van der Waals surface area contributed by atoms with Gasteiger partial charge in [0.2, 0.25) is 0 Å². The van der Waals surface area contributed by atoms with E-state index < -0.39 is 12.1 Å². The number of hydrogen-bond donors (Lipinski definition) is 2. The molecule has 2 N–H and O–H groups in total. The lowest BCUT2D eigenvalue weighted by Crippen LogP contribution is -2.47. The highest BCUT2D eigenvalue weighted by molar-refractivity contribution is 5.80. The molecular weight excluding hydrogens is 291 g/mol. The number of hydrogen-bond acceptors (Lipinski definition) is 1. The van der Waals surface area contributed by atoms with Crippen LogP contribution in [0.5, 0.6) is 0 Å². The van der Waals surface area contributed by atoms with Crippen molar-refractivity contribution in [3.63, 3.8) is 0 Å². The smallest absolute Gasteiger partial charge is 0.356 e. The normalized spacial score (nSPS) is 29.4. The van der Waals surface area contributed by atoms with Gasteiger partial charge >= 0.3 is 6.18 Å². The van der Waals surface area contributed by atoms with Crippen LogP contribution < -0.4 is 10.6 Å². The van der Waals surface area contributed by atoms with Crippen LogP contribution in [-0.2, 0) is 0 Å². The second-order valence-electron chi connectivity index (χ2n) is 7.18. The van der Waals surface area contributed by atoms with E-state index in [9.17, 15) is 13.2 Å². The summed E-state index contributed by atoms with van der Waals surface area (Å²) in [6.45, 7) is 3.17. The maximum absolute atomic E-state index is 12.7. The third-order valence-electron chi connectivity index (χ3n) is 5.25.